The molecule has 1 unspecified atom stereocenters. The van der Waals surface area contributed by atoms with Gasteiger partial charge >= 0.3 is 0 Å². The Labute approximate surface area is 196 Å². The number of ether oxygens (including phenoxy) is 1. The number of benzene rings is 3. The lowest BCUT2D eigenvalue weighted by atomic mass is 10.0. The van der Waals surface area contributed by atoms with Crippen LogP contribution in [0, 0.1) is 0 Å². The number of halogens is 2. The van der Waals surface area contributed by atoms with E-state index in [-0.39, 0.29) is 6.04 Å². The molecule has 1 fully saturated rings. The van der Waals surface area contributed by atoms with Crippen LogP contribution in [-0.2, 0) is 4.74 Å². The summed E-state index contributed by atoms with van der Waals surface area (Å²) in [5.74, 6) is 0.705. The molecule has 3 aromatic carbocycles. The number of fused-ring (bicyclic) bond motifs is 1. The second-order valence-electron chi connectivity index (χ2n) is 7.52. The van der Waals surface area contributed by atoms with Crippen LogP contribution in [-0.4, -0.2) is 52.0 Å². The van der Waals surface area contributed by atoms with Gasteiger partial charge < -0.3 is 4.74 Å². The lowest BCUT2D eigenvalue weighted by Crippen LogP contribution is -2.44. The van der Waals surface area contributed by atoms with Crippen LogP contribution in [0.4, 0.5) is 5.69 Å². The Kier molecular flexibility index (Phi) is 6.19. The van der Waals surface area contributed by atoms with Gasteiger partial charge in [-0.2, -0.15) is 4.68 Å². The van der Waals surface area contributed by atoms with Crippen LogP contribution < -0.4 is 0 Å². The summed E-state index contributed by atoms with van der Waals surface area (Å²) in [5, 5.41) is 9.95. The Bertz CT molecular complexity index is 1250. The van der Waals surface area contributed by atoms with E-state index in [0.717, 1.165) is 29.7 Å². The molecule has 0 saturated carbocycles. The highest BCUT2D eigenvalue weighted by Crippen LogP contribution is 2.32. The number of aliphatic imine (C=N–C) groups is 1. The van der Waals surface area contributed by atoms with Crippen LogP contribution in [0.3, 0.4) is 0 Å². The van der Waals surface area contributed by atoms with Gasteiger partial charge in [0.1, 0.15) is 5.52 Å². The summed E-state index contributed by atoms with van der Waals surface area (Å²) in [6.07, 6.45) is 0. The molecule has 1 aliphatic rings. The molecule has 1 aliphatic heterocycles. The first-order valence-electron chi connectivity index (χ1n) is 10.4. The standard InChI is InChI=1S/C24H21Cl2N5O/c25-18-10-11-19(26)21(16-18)27-24(31-22-9-5-4-8-20(22)28-29-31)23(17-6-2-1-3-7-17)30-12-14-32-15-13-30/h1-11,16,23H,12-15H2. The zero-order chi connectivity index (χ0) is 21.9. The maximum absolute atomic E-state index is 6.51. The molecule has 0 spiro atoms. The zero-order valence-electron chi connectivity index (χ0n) is 17.2. The summed E-state index contributed by atoms with van der Waals surface area (Å²) < 4.78 is 7.43. The van der Waals surface area contributed by atoms with Crippen molar-refractivity contribution in [1.29, 1.82) is 0 Å². The minimum atomic E-state index is -0.180. The first kappa shape index (κ1) is 21.1. The van der Waals surface area contributed by atoms with E-state index in [1.54, 1.807) is 22.9 Å². The van der Waals surface area contributed by atoms with Crippen LogP contribution in [0.2, 0.25) is 10.0 Å². The van der Waals surface area contributed by atoms with E-state index in [4.69, 9.17) is 32.9 Å². The zero-order valence-corrected chi connectivity index (χ0v) is 18.7. The monoisotopic (exact) mass is 465 g/mol. The smallest absolute Gasteiger partial charge is 0.154 e. The lowest BCUT2D eigenvalue weighted by Gasteiger charge is -2.35. The Morgan fingerprint density at radius 2 is 1.69 bits per heavy atom. The van der Waals surface area contributed by atoms with Crippen molar-refractivity contribution in [3.63, 3.8) is 0 Å². The third-order valence-electron chi connectivity index (χ3n) is 5.48. The van der Waals surface area contributed by atoms with Gasteiger partial charge in [0.15, 0.2) is 5.84 Å². The molecule has 2 heterocycles. The summed E-state index contributed by atoms with van der Waals surface area (Å²) in [4.78, 5) is 7.40. The van der Waals surface area contributed by atoms with Crippen LogP contribution in [0.5, 0.6) is 0 Å². The van der Waals surface area contributed by atoms with Crippen LogP contribution in [0.15, 0.2) is 77.8 Å². The number of aromatic nitrogens is 3. The topological polar surface area (TPSA) is 55.5 Å². The predicted octanol–water partition coefficient (Wildman–Crippen LogP) is 5.39. The molecule has 8 heteroatoms. The number of morpholine rings is 1. The normalized spacial score (nSPS) is 16.4. The Balaban J connectivity index is 1.75. The maximum Gasteiger partial charge on any atom is 0.154 e. The van der Waals surface area contributed by atoms with Crippen molar-refractivity contribution >= 4 is 45.8 Å². The number of rotatable bonds is 4. The maximum atomic E-state index is 6.51. The molecule has 0 amide bonds. The molecule has 4 aromatic rings. The number of hydrogen-bond acceptors (Lipinski definition) is 5. The van der Waals surface area contributed by atoms with Gasteiger partial charge in [0.25, 0.3) is 0 Å². The van der Waals surface area contributed by atoms with Crippen LogP contribution >= 0.6 is 23.2 Å². The summed E-state index contributed by atoms with van der Waals surface area (Å²) >= 11 is 12.8. The molecule has 6 nitrogen and oxygen atoms in total. The predicted molar refractivity (Wildman–Crippen MR) is 128 cm³/mol. The van der Waals surface area contributed by atoms with Crippen molar-refractivity contribution in [1.82, 2.24) is 19.9 Å². The van der Waals surface area contributed by atoms with E-state index in [9.17, 15) is 0 Å². The largest absolute Gasteiger partial charge is 0.379 e. The van der Waals surface area contributed by atoms with Crippen molar-refractivity contribution in [3.8, 4) is 0 Å². The van der Waals surface area contributed by atoms with Crippen molar-refractivity contribution in [2.75, 3.05) is 26.3 Å². The average molecular weight is 466 g/mol. The van der Waals surface area contributed by atoms with Crippen molar-refractivity contribution in [3.05, 3.63) is 88.4 Å². The number of para-hydroxylation sites is 1. The molecular formula is C24H21Cl2N5O. The first-order valence-corrected chi connectivity index (χ1v) is 11.2. The van der Waals surface area contributed by atoms with E-state index in [1.165, 1.54) is 0 Å². The molecule has 1 atom stereocenters. The molecular weight excluding hydrogens is 445 g/mol. The first-order chi connectivity index (χ1) is 15.7. The molecule has 32 heavy (non-hydrogen) atoms. The van der Waals surface area contributed by atoms with Gasteiger partial charge in [0, 0.05) is 18.1 Å². The fourth-order valence-corrected chi connectivity index (χ4v) is 4.28. The van der Waals surface area contributed by atoms with Crippen LogP contribution in [0.25, 0.3) is 11.0 Å². The average Bonchev–Trinajstić information content (AvgIpc) is 3.26. The van der Waals surface area contributed by atoms with E-state index >= 15 is 0 Å². The summed E-state index contributed by atoms with van der Waals surface area (Å²) in [7, 11) is 0. The quantitative estimate of drug-likeness (QED) is 0.299. The van der Waals surface area contributed by atoms with Gasteiger partial charge in [-0.05, 0) is 35.9 Å². The number of nitrogens with zero attached hydrogens (tertiary/aromatic N) is 5. The van der Waals surface area contributed by atoms with Gasteiger partial charge in [0.2, 0.25) is 0 Å². The third-order valence-corrected chi connectivity index (χ3v) is 6.04. The number of hydrogen-bond donors (Lipinski definition) is 0. The minimum Gasteiger partial charge on any atom is -0.379 e. The molecule has 0 aliphatic carbocycles. The summed E-state index contributed by atoms with van der Waals surface area (Å²) in [6, 6.07) is 23.2. The molecule has 0 bridgehead atoms. The summed E-state index contributed by atoms with van der Waals surface area (Å²) in [5.41, 5.74) is 3.36. The Morgan fingerprint density at radius 3 is 2.50 bits per heavy atom. The van der Waals surface area contributed by atoms with E-state index < -0.39 is 0 Å². The summed E-state index contributed by atoms with van der Waals surface area (Å²) in [6.45, 7) is 2.86. The second-order valence-corrected chi connectivity index (χ2v) is 8.36. The van der Waals surface area contributed by atoms with E-state index in [1.807, 2.05) is 42.5 Å². The van der Waals surface area contributed by atoms with E-state index in [2.05, 4.69) is 27.3 Å². The van der Waals surface area contributed by atoms with Gasteiger partial charge in [-0.15, -0.1) is 5.10 Å². The van der Waals surface area contributed by atoms with Gasteiger partial charge in [-0.3, -0.25) is 4.90 Å². The third kappa shape index (κ3) is 4.27. The Hall–Kier alpha value is -2.77. The van der Waals surface area contributed by atoms with E-state index in [0.29, 0.717) is 34.8 Å². The van der Waals surface area contributed by atoms with Crippen molar-refractivity contribution in [2.24, 2.45) is 4.99 Å². The molecule has 1 aromatic heterocycles. The highest BCUT2D eigenvalue weighted by Gasteiger charge is 2.30. The molecule has 1 saturated heterocycles. The Morgan fingerprint density at radius 1 is 0.938 bits per heavy atom. The minimum absolute atomic E-state index is 0.180. The van der Waals surface area contributed by atoms with Gasteiger partial charge in [-0.25, -0.2) is 4.99 Å². The lowest BCUT2D eigenvalue weighted by molar-refractivity contribution is 0.0281. The molecule has 5 rings (SSSR count). The molecule has 0 N–H and O–H groups in total. The molecule has 0 radical (unpaired) electrons. The van der Waals surface area contributed by atoms with Crippen LogP contribution in [0.1, 0.15) is 11.6 Å². The van der Waals surface area contributed by atoms with Gasteiger partial charge in [0.05, 0.1) is 35.5 Å². The molecule has 162 valence electrons. The SMILES string of the molecule is Clc1ccc(Cl)c(N=C(C(c2ccccc2)N2CCOCC2)n2nnc3ccccc32)c1. The fourth-order valence-electron chi connectivity index (χ4n) is 3.95. The van der Waals surface area contributed by atoms with Crippen molar-refractivity contribution in [2.45, 2.75) is 6.04 Å². The highest BCUT2D eigenvalue weighted by molar-refractivity contribution is 6.35. The second kappa shape index (κ2) is 9.38. The van der Waals surface area contributed by atoms with Crippen molar-refractivity contribution < 1.29 is 4.74 Å². The van der Waals surface area contributed by atoms with Gasteiger partial charge in [-0.1, -0.05) is 70.9 Å². The highest BCUT2D eigenvalue weighted by atomic mass is 35.5. The fraction of sp³-hybridized carbons (Fsp3) is 0.208.